The van der Waals surface area contributed by atoms with Crippen LogP contribution in [0.2, 0.25) is 0 Å². The zero-order valence-electron chi connectivity index (χ0n) is 7.94. The summed E-state index contributed by atoms with van der Waals surface area (Å²) in [5.41, 5.74) is 2.21. The maximum atomic E-state index is 4.73. The number of aliphatic imine (C=N–C) groups is 1. The molecule has 2 unspecified atom stereocenters. The Bertz CT molecular complexity index is 227. The fourth-order valence-electron chi connectivity index (χ4n) is 2.32. The van der Waals surface area contributed by atoms with Crippen LogP contribution in [0.15, 0.2) is 4.99 Å². The van der Waals surface area contributed by atoms with E-state index in [2.05, 4.69) is 27.7 Å². The van der Waals surface area contributed by atoms with Gasteiger partial charge >= 0.3 is 0 Å². The summed E-state index contributed by atoms with van der Waals surface area (Å²) >= 11 is 0. The summed E-state index contributed by atoms with van der Waals surface area (Å²) in [6, 6.07) is 0. The van der Waals surface area contributed by atoms with E-state index < -0.39 is 0 Å². The number of hydrogen-bond donors (Lipinski definition) is 0. The van der Waals surface area contributed by atoms with Crippen LogP contribution < -0.4 is 0 Å². The second kappa shape index (κ2) is 1.70. The quantitative estimate of drug-likeness (QED) is 0.504. The van der Waals surface area contributed by atoms with Gasteiger partial charge in [0.15, 0.2) is 0 Å². The molecule has 0 N–H and O–H groups in total. The minimum absolute atomic E-state index is 0.227. The van der Waals surface area contributed by atoms with Gasteiger partial charge in [-0.3, -0.25) is 4.99 Å². The fourth-order valence-corrected chi connectivity index (χ4v) is 2.32. The lowest BCUT2D eigenvalue weighted by atomic mass is 9.80. The highest BCUT2D eigenvalue weighted by atomic mass is 14.9. The van der Waals surface area contributed by atoms with Gasteiger partial charge in [0.25, 0.3) is 0 Å². The topological polar surface area (TPSA) is 12.4 Å². The molecule has 1 nitrogen and oxygen atoms in total. The van der Waals surface area contributed by atoms with Gasteiger partial charge in [0.05, 0.1) is 5.54 Å². The second-order valence-electron chi connectivity index (χ2n) is 5.07. The van der Waals surface area contributed by atoms with Crippen molar-refractivity contribution in [3.05, 3.63) is 0 Å². The molecule has 0 saturated heterocycles. The van der Waals surface area contributed by atoms with Gasteiger partial charge < -0.3 is 0 Å². The summed E-state index contributed by atoms with van der Waals surface area (Å²) in [5.74, 6) is 0.838. The summed E-state index contributed by atoms with van der Waals surface area (Å²) in [6.07, 6.45) is 2.52. The molecule has 1 aliphatic carbocycles. The first-order chi connectivity index (χ1) is 4.94. The summed E-state index contributed by atoms with van der Waals surface area (Å²) in [5, 5.41) is 0. The SMILES string of the molecule is CC1CC(C)(C)N=C2CC21C. The third-order valence-corrected chi connectivity index (χ3v) is 3.40. The van der Waals surface area contributed by atoms with Crippen LogP contribution in [0.1, 0.15) is 40.5 Å². The zero-order chi connectivity index (χ0) is 8.28. The molecule has 0 bridgehead atoms. The average molecular weight is 151 g/mol. The first kappa shape index (κ1) is 7.33. The van der Waals surface area contributed by atoms with E-state index in [1.165, 1.54) is 18.6 Å². The molecule has 1 heterocycles. The molecule has 0 spiro atoms. The van der Waals surface area contributed by atoms with Gasteiger partial charge in [-0.2, -0.15) is 0 Å². The Morgan fingerprint density at radius 3 is 2.55 bits per heavy atom. The highest BCUT2D eigenvalue weighted by Gasteiger charge is 2.54. The van der Waals surface area contributed by atoms with Crippen LogP contribution in [0.25, 0.3) is 0 Å². The average Bonchev–Trinajstić information content (AvgIpc) is 2.39. The van der Waals surface area contributed by atoms with E-state index in [4.69, 9.17) is 4.99 Å². The number of hydrogen-bond acceptors (Lipinski definition) is 1. The normalized spacial score (nSPS) is 46.2. The van der Waals surface area contributed by atoms with Gasteiger partial charge in [0.2, 0.25) is 0 Å². The van der Waals surface area contributed by atoms with Crippen molar-refractivity contribution in [2.24, 2.45) is 16.3 Å². The van der Waals surface area contributed by atoms with Crippen LogP contribution in [0, 0.1) is 11.3 Å². The van der Waals surface area contributed by atoms with Crippen LogP contribution in [0.5, 0.6) is 0 Å². The Morgan fingerprint density at radius 2 is 2.00 bits per heavy atom. The van der Waals surface area contributed by atoms with E-state index in [9.17, 15) is 0 Å². The summed E-state index contributed by atoms with van der Waals surface area (Å²) in [4.78, 5) is 4.73. The Balaban J connectivity index is 2.32. The molecule has 62 valence electrons. The molecular formula is C10H17N. The maximum Gasteiger partial charge on any atom is 0.0554 e. The third-order valence-electron chi connectivity index (χ3n) is 3.40. The van der Waals surface area contributed by atoms with Crippen LogP contribution >= 0.6 is 0 Å². The largest absolute Gasteiger partial charge is 0.287 e. The first-order valence-electron chi connectivity index (χ1n) is 4.53. The molecule has 11 heavy (non-hydrogen) atoms. The molecule has 0 amide bonds. The first-order valence-corrected chi connectivity index (χ1v) is 4.53. The Kier molecular flexibility index (Phi) is 1.13. The van der Waals surface area contributed by atoms with E-state index in [-0.39, 0.29) is 5.54 Å². The van der Waals surface area contributed by atoms with Crippen molar-refractivity contribution < 1.29 is 0 Å². The molecule has 2 atom stereocenters. The monoisotopic (exact) mass is 151 g/mol. The standard InChI is InChI=1S/C10H17N/c1-7-5-9(2,3)11-8-6-10(7,8)4/h7H,5-6H2,1-4H3. The molecular weight excluding hydrogens is 134 g/mol. The smallest absolute Gasteiger partial charge is 0.0554 e. The Morgan fingerprint density at radius 1 is 1.36 bits per heavy atom. The summed E-state index contributed by atoms with van der Waals surface area (Å²) in [6.45, 7) is 9.21. The summed E-state index contributed by atoms with van der Waals surface area (Å²) in [7, 11) is 0. The van der Waals surface area contributed by atoms with Crippen molar-refractivity contribution in [3.63, 3.8) is 0 Å². The Labute approximate surface area is 68.9 Å². The molecule has 1 fully saturated rings. The molecule has 0 radical (unpaired) electrons. The van der Waals surface area contributed by atoms with Crippen molar-refractivity contribution in [1.29, 1.82) is 0 Å². The van der Waals surface area contributed by atoms with E-state index in [1.54, 1.807) is 0 Å². The number of rotatable bonds is 0. The van der Waals surface area contributed by atoms with Crippen molar-refractivity contribution in [2.75, 3.05) is 0 Å². The molecule has 0 aromatic carbocycles. The highest BCUT2D eigenvalue weighted by molar-refractivity contribution is 6.06. The van der Waals surface area contributed by atoms with Gasteiger partial charge in [-0.25, -0.2) is 0 Å². The minimum atomic E-state index is 0.227. The zero-order valence-corrected chi connectivity index (χ0v) is 7.94. The number of fused-ring (bicyclic) bond motifs is 1. The second-order valence-corrected chi connectivity index (χ2v) is 5.07. The van der Waals surface area contributed by atoms with Crippen LogP contribution in [0.3, 0.4) is 0 Å². The van der Waals surface area contributed by atoms with Crippen LogP contribution in [-0.4, -0.2) is 11.3 Å². The Hall–Kier alpha value is -0.330. The van der Waals surface area contributed by atoms with Gasteiger partial charge in [0, 0.05) is 11.1 Å². The molecule has 0 aromatic rings. The summed E-state index contributed by atoms with van der Waals surface area (Å²) < 4.78 is 0. The number of nitrogens with zero attached hydrogens (tertiary/aromatic N) is 1. The predicted octanol–water partition coefficient (Wildman–Crippen LogP) is 2.66. The molecule has 0 aromatic heterocycles. The van der Waals surface area contributed by atoms with Gasteiger partial charge in [-0.05, 0) is 32.6 Å². The third kappa shape index (κ3) is 0.935. The lowest BCUT2D eigenvalue weighted by Crippen LogP contribution is -2.29. The van der Waals surface area contributed by atoms with E-state index in [1.807, 2.05) is 0 Å². The molecule has 2 rings (SSSR count). The minimum Gasteiger partial charge on any atom is -0.287 e. The van der Waals surface area contributed by atoms with Crippen molar-refractivity contribution in [1.82, 2.24) is 0 Å². The molecule has 1 aliphatic heterocycles. The predicted molar refractivity (Wildman–Crippen MR) is 48.0 cm³/mol. The molecule has 2 aliphatic rings. The van der Waals surface area contributed by atoms with Crippen LogP contribution in [0.4, 0.5) is 0 Å². The van der Waals surface area contributed by atoms with Gasteiger partial charge in [0.1, 0.15) is 0 Å². The molecule has 1 heteroatoms. The fraction of sp³-hybridized carbons (Fsp3) is 0.900. The van der Waals surface area contributed by atoms with Crippen molar-refractivity contribution in [2.45, 2.75) is 46.1 Å². The van der Waals surface area contributed by atoms with Crippen molar-refractivity contribution in [3.8, 4) is 0 Å². The maximum absolute atomic E-state index is 4.73. The van der Waals surface area contributed by atoms with Gasteiger partial charge in [-0.1, -0.05) is 13.8 Å². The van der Waals surface area contributed by atoms with E-state index >= 15 is 0 Å². The van der Waals surface area contributed by atoms with Gasteiger partial charge in [-0.15, -0.1) is 0 Å². The lowest BCUT2D eigenvalue weighted by Gasteiger charge is -2.31. The van der Waals surface area contributed by atoms with E-state index in [0.29, 0.717) is 5.41 Å². The molecule has 1 saturated carbocycles. The van der Waals surface area contributed by atoms with E-state index in [0.717, 1.165) is 5.92 Å². The van der Waals surface area contributed by atoms with Crippen molar-refractivity contribution >= 4 is 5.71 Å². The highest BCUT2D eigenvalue weighted by Crippen LogP contribution is 2.55. The van der Waals surface area contributed by atoms with Crippen LogP contribution in [-0.2, 0) is 0 Å². The lowest BCUT2D eigenvalue weighted by molar-refractivity contribution is 0.285.